The Morgan fingerprint density at radius 1 is 1.07 bits per heavy atom. The van der Waals surface area contributed by atoms with Crippen molar-refractivity contribution in [3.8, 4) is 0 Å². The van der Waals surface area contributed by atoms with Gasteiger partial charge in [0.1, 0.15) is 0 Å². The van der Waals surface area contributed by atoms with Crippen molar-refractivity contribution in [2.24, 2.45) is 0 Å². The molecule has 0 saturated carbocycles. The van der Waals surface area contributed by atoms with Crippen LogP contribution in [0.15, 0.2) is 58.3 Å². The van der Waals surface area contributed by atoms with Crippen molar-refractivity contribution in [1.82, 2.24) is 0 Å². The number of esters is 1. The van der Waals surface area contributed by atoms with Crippen molar-refractivity contribution in [3.63, 3.8) is 0 Å². The van der Waals surface area contributed by atoms with Gasteiger partial charge in [0.25, 0.3) is 5.91 Å². The van der Waals surface area contributed by atoms with E-state index in [0.29, 0.717) is 13.2 Å². The summed E-state index contributed by atoms with van der Waals surface area (Å²) in [6.45, 7) is 2.52. The van der Waals surface area contributed by atoms with E-state index in [0.717, 1.165) is 21.2 Å². The zero-order valence-corrected chi connectivity index (χ0v) is 15.6. The third-order valence-corrected chi connectivity index (χ3v) is 5.50. The number of hydrogen-bond donors (Lipinski definition) is 0. The molecular weight excluding hydrogens is 366 g/mol. The standard InChI is InChI=1S/C20H19NO5S/c1-13(26-20(23)16-12-24-10-11-25-16)19(22)21-14-6-2-4-8-17(14)27-18-9-5-3-7-15(18)21/h2-9,13,16H,10-12H2,1H3/t13-,16+/m0/s1. The average molecular weight is 385 g/mol. The molecule has 0 bridgehead atoms. The first-order chi connectivity index (χ1) is 13.1. The number of carbonyl (C=O) groups is 2. The van der Waals surface area contributed by atoms with Crippen molar-refractivity contribution in [1.29, 1.82) is 0 Å². The summed E-state index contributed by atoms with van der Waals surface area (Å²) in [6, 6.07) is 15.4. The number of ether oxygens (including phenoxy) is 3. The van der Waals surface area contributed by atoms with Crippen LogP contribution < -0.4 is 4.90 Å². The second-order valence-corrected chi connectivity index (χ2v) is 7.31. The zero-order valence-electron chi connectivity index (χ0n) is 14.8. The highest BCUT2D eigenvalue weighted by Crippen LogP contribution is 2.48. The van der Waals surface area contributed by atoms with Gasteiger partial charge in [-0.15, -0.1) is 0 Å². The van der Waals surface area contributed by atoms with Crippen molar-refractivity contribution >= 4 is 35.0 Å². The van der Waals surface area contributed by atoms with Crippen LogP contribution in [0.2, 0.25) is 0 Å². The number of hydrogen-bond acceptors (Lipinski definition) is 6. The van der Waals surface area contributed by atoms with Crippen molar-refractivity contribution < 1.29 is 23.8 Å². The molecule has 2 aromatic carbocycles. The van der Waals surface area contributed by atoms with E-state index in [4.69, 9.17) is 14.2 Å². The molecule has 1 fully saturated rings. The summed E-state index contributed by atoms with van der Waals surface area (Å²) in [7, 11) is 0. The summed E-state index contributed by atoms with van der Waals surface area (Å²) in [5.41, 5.74) is 1.57. The van der Waals surface area contributed by atoms with E-state index in [1.54, 1.807) is 23.6 Å². The van der Waals surface area contributed by atoms with Crippen LogP contribution in [0.5, 0.6) is 0 Å². The lowest BCUT2D eigenvalue weighted by atomic mass is 10.2. The molecule has 4 rings (SSSR count). The highest BCUT2D eigenvalue weighted by Gasteiger charge is 2.34. The second kappa shape index (κ2) is 7.72. The predicted octanol–water partition coefficient (Wildman–Crippen LogP) is 3.16. The Morgan fingerprint density at radius 3 is 2.30 bits per heavy atom. The number of amides is 1. The number of rotatable bonds is 3. The van der Waals surface area contributed by atoms with Gasteiger partial charge >= 0.3 is 5.97 Å². The van der Waals surface area contributed by atoms with Crippen LogP contribution in [0, 0.1) is 0 Å². The Hall–Kier alpha value is -2.35. The first kappa shape index (κ1) is 18.0. The molecule has 6 nitrogen and oxygen atoms in total. The molecule has 7 heteroatoms. The highest BCUT2D eigenvalue weighted by molar-refractivity contribution is 7.99. The summed E-state index contributed by atoms with van der Waals surface area (Å²) in [5, 5.41) is 0. The van der Waals surface area contributed by atoms with Crippen LogP contribution in [0.25, 0.3) is 0 Å². The van der Waals surface area contributed by atoms with Gasteiger partial charge in [-0.3, -0.25) is 9.69 Å². The summed E-state index contributed by atoms with van der Waals surface area (Å²) in [6.07, 6.45) is -1.74. The van der Waals surface area contributed by atoms with E-state index in [9.17, 15) is 9.59 Å². The molecule has 27 heavy (non-hydrogen) atoms. The SMILES string of the molecule is C[C@H](OC(=O)[C@H]1COCCO1)C(=O)N1c2ccccc2Sc2ccccc21. The maximum Gasteiger partial charge on any atom is 0.338 e. The molecule has 1 saturated heterocycles. The summed E-state index contributed by atoms with van der Waals surface area (Å²) >= 11 is 1.61. The minimum absolute atomic E-state index is 0.145. The zero-order chi connectivity index (χ0) is 18.8. The molecule has 0 radical (unpaired) electrons. The van der Waals surface area contributed by atoms with Gasteiger partial charge in [-0.05, 0) is 31.2 Å². The molecule has 0 aromatic heterocycles. The van der Waals surface area contributed by atoms with Crippen molar-refractivity contribution in [2.45, 2.75) is 28.9 Å². The van der Waals surface area contributed by atoms with Gasteiger partial charge < -0.3 is 14.2 Å². The molecule has 1 amide bonds. The number of carbonyl (C=O) groups excluding carboxylic acids is 2. The average Bonchev–Trinajstić information content (AvgIpc) is 2.72. The summed E-state index contributed by atoms with van der Waals surface area (Å²) < 4.78 is 16.0. The number of fused-ring (bicyclic) bond motifs is 2. The minimum atomic E-state index is -0.952. The minimum Gasteiger partial charge on any atom is -0.451 e. The normalized spacial score (nSPS) is 19.6. The fourth-order valence-electron chi connectivity index (χ4n) is 3.05. The number of anilines is 2. The number of nitrogens with zero attached hydrogens (tertiary/aromatic N) is 1. The van der Waals surface area contributed by atoms with Crippen LogP contribution in [-0.4, -0.2) is 43.9 Å². The predicted molar refractivity (Wildman–Crippen MR) is 100 cm³/mol. The lowest BCUT2D eigenvalue weighted by Gasteiger charge is -2.32. The Bertz CT molecular complexity index is 819. The quantitative estimate of drug-likeness (QED) is 0.757. The fourth-order valence-corrected chi connectivity index (χ4v) is 4.11. The molecule has 0 unspecified atom stereocenters. The van der Waals surface area contributed by atoms with Crippen LogP contribution in [0.1, 0.15) is 6.92 Å². The van der Waals surface area contributed by atoms with Crippen molar-refractivity contribution in [2.75, 3.05) is 24.7 Å². The van der Waals surface area contributed by atoms with Crippen LogP contribution in [0.3, 0.4) is 0 Å². The summed E-state index contributed by atoms with van der Waals surface area (Å²) in [5.74, 6) is -0.885. The van der Waals surface area contributed by atoms with Gasteiger partial charge in [0.15, 0.2) is 12.2 Å². The monoisotopic (exact) mass is 385 g/mol. The van der Waals surface area contributed by atoms with E-state index in [1.807, 2.05) is 48.5 Å². The Kier molecular flexibility index (Phi) is 5.15. The molecule has 0 N–H and O–H groups in total. The maximum atomic E-state index is 13.2. The first-order valence-corrected chi connectivity index (χ1v) is 9.56. The van der Waals surface area contributed by atoms with Gasteiger partial charge in [-0.1, -0.05) is 36.0 Å². The Morgan fingerprint density at radius 2 is 1.70 bits per heavy atom. The van der Waals surface area contributed by atoms with E-state index < -0.39 is 18.2 Å². The molecule has 2 aliphatic rings. The fraction of sp³-hybridized carbons (Fsp3) is 0.300. The van der Waals surface area contributed by atoms with Gasteiger partial charge in [0, 0.05) is 9.79 Å². The van der Waals surface area contributed by atoms with Crippen LogP contribution in [-0.2, 0) is 23.8 Å². The lowest BCUT2D eigenvalue weighted by Crippen LogP contribution is -2.43. The largest absolute Gasteiger partial charge is 0.451 e. The van der Waals surface area contributed by atoms with E-state index >= 15 is 0 Å². The van der Waals surface area contributed by atoms with E-state index in [2.05, 4.69) is 0 Å². The second-order valence-electron chi connectivity index (χ2n) is 6.22. The van der Waals surface area contributed by atoms with Crippen LogP contribution >= 0.6 is 11.8 Å². The molecule has 2 aromatic rings. The molecule has 140 valence electrons. The molecule has 2 aliphatic heterocycles. The third-order valence-electron chi connectivity index (χ3n) is 4.37. The van der Waals surface area contributed by atoms with Crippen molar-refractivity contribution in [3.05, 3.63) is 48.5 Å². The van der Waals surface area contributed by atoms with Crippen LogP contribution in [0.4, 0.5) is 11.4 Å². The molecule has 2 atom stereocenters. The highest BCUT2D eigenvalue weighted by atomic mass is 32.2. The molecule has 0 aliphatic carbocycles. The van der Waals surface area contributed by atoms with Gasteiger partial charge in [-0.2, -0.15) is 0 Å². The number of benzene rings is 2. The Labute approximate surface area is 161 Å². The maximum absolute atomic E-state index is 13.2. The Balaban J connectivity index is 1.58. The molecular formula is C20H19NO5S. The first-order valence-electron chi connectivity index (χ1n) is 8.75. The van der Waals surface area contributed by atoms with Gasteiger partial charge in [-0.25, -0.2) is 4.79 Å². The smallest absolute Gasteiger partial charge is 0.338 e. The number of para-hydroxylation sites is 2. The molecule has 2 heterocycles. The molecule has 0 spiro atoms. The van der Waals surface area contributed by atoms with E-state index in [1.165, 1.54) is 0 Å². The van der Waals surface area contributed by atoms with Gasteiger partial charge in [0.2, 0.25) is 0 Å². The van der Waals surface area contributed by atoms with Gasteiger partial charge in [0.05, 0.1) is 31.2 Å². The summed E-state index contributed by atoms with van der Waals surface area (Å²) in [4.78, 5) is 29.1. The lowest BCUT2D eigenvalue weighted by molar-refractivity contribution is -0.176. The third kappa shape index (κ3) is 3.58. The van der Waals surface area contributed by atoms with E-state index in [-0.39, 0.29) is 12.5 Å². The topological polar surface area (TPSA) is 65.1 Å².